The number of carbonyl (C=O) groups is 1. The zero-order chi connectivity index (χ0) is 16.8. The van der Waals surface area contributed by atoms with Gasteiger partial charge in [-0.15, -0.1) is 0 Å². The van der Waals surface area contributed by atoms with E-state index < -0.39 is 0 Å². The SMILES string of the molecule is O=C(NCc1ccccc1OCCO)C1(c2ccccc2)CCC1. The van der Waals surface area contributed by atoms with Gasteiger partial charge in [-0.3, -0.25) is 4.79 Å². The fourth-order valence-corrected chi connectivity index (χ4v) is 3.23. The smallest absolute Gasteiger partial charge is 0.230 e. The van der Waals surface area contributed by atoms with Gasteiger partial charge in [-0.25, -0.2) is 0 Å². The van der Waals surface area contributed by atoms with Crippen LogP contribution in [0.15, 0.2) is 54.6 Å². The molecule has 1 aliphatic carbocycles. The second-order valence-corrected chi connectivity index (χ2v) is 6.16. The topological polar surface area (TPSA) is 58.6 Å². The van der Waals surface area contributed by atoms with Crippen LogP contribution >= 0.6 is 0 Å². The average Bonchev–Trinajstić information content (AvgIpc) is 2.59. The van der Waals surface area contributed by atoms with Crippen LogP contribution in [-0.2, 0) is 16.8 Å². The van der Waals surface area contributed by atoms with E-state index in [9.17, 15) is 4.79 Å². The van der Waals surface area contributed by atoms with Crippen molar-refractivity contribution in [3.63, 3.8) is 0 Å². The van der Waals surface area contributed by atoms with Crippen LogP contribution in [0.3, 0.4) is 0 Å². The van der Waals surface area contributed by atoms with Gasteiger partial charge in [0.2, 0.25) is 5.91 Å². The summed E-state index contributed by atoms with van der Waals surface area (Å²) in [4.78, 5) is 12.9. The Morgan fingerprint density at radius 2 is 1.79 bits per heavy atom. The molecule has 0 bridgehead atoms. The number of amides is 1. The summed E-state index contributed by atoms with van der Waals surface area (Å²) >= 11 is 0. The van der Waals surface area contributed by atoms with Crippen LogP contribution < -0.4 is 10.1 Å². The molecule has 1 aliphatic rings. The number of aliphatic hydroxyl groups is 1. The number of benzene rings is 2. The fourth-order valence-electron chi connectivity index (χ4n) is 3.23. The number of hydrogen-bond acceptors (Lipinski definition) is 3. The molecule has 0 unspecified atom stereocenters. The van der Waals surface area contributed by atoms with E-state index in [4.69, 9.17) is 9.84 Å². The molecule has 0 spiro atoms. The minimum atomic E-state index is -0.387. The van der Waals surface area contributed by atoms with E-state index in [1.807, 2.05) is 54.6 Å². The summed E-state index contributed by atoms with van der Waals surface area (Å²) in [7, 11) is 0. The first-order valence-corrected chi connectivity index (χ1v) is 8.42. The molecule has 2 aromatic carbocycles. The molecule has 0 aromatic heterocycles. The zero-order valence-corrected chi connectivity index (χ0v) is 13.7. The van der Waals surface area contributed by atoms with E-state index in [0.29, 0.717) is 12.3 Å². The molecule has 0 radical (unpaired) electrons. The van der Waals surface area contributed by atoms with Gasteiger partial charge < -0.3 is 15.2 Å². The first kappa shape index (κ1) is 16.5. The van der Waals surface area contributed by atoms with Crippen molar-refractivity contribution in [2.75, 3.05) is 13.2 Å². The van der Waals surface area contributed by atoms with Crippen LogP contribution in [0.1, 0.15) is 30.4 Å². The lowest BCUT2D eigenvalue weighted by atomic mass is 9.64. The molecule has 0 saturated heterocycles. The minimum absolute atomic E-state index is 0.0299. The van der Waals surface area contributed by atoms with Crippen molar-refractivity contribution in [1.29, 1.82) is 0 Å². The highest BCUT2D eigenvalue weighted by atomic mass is 16.5. The number of para-hydroxylation sites is 1. The van der Waals surface area contributed by atoms with Crippen molar-refractivity contribution in [2.45, 2.75) is 31.2 Å². The third-order valence-corrected chi connectivity index (χ3v) is 4.73. The summed E-state index contributed by atoms with van der Waals surface area (Å²) in [5.74, 6) is 0.783. The lowest BCUT2D eigenvalue weighted by Crippen LogP contribution is -2.49. The van der Waals surface area contributed by atoms with Crippen LogP contribution in [0.2, 0.25) is 0 Å². The third kappa shape index (κ3) is 3.29. The summed E-state index contributed by atoms with van der Waals surface area (Å²) in [6.45, 7) is 0.645. The molecule has 24 heavy (non-hydrogen) atoms. The Hall–Kier alpha value is -2.33. The van der Waals surface area contributed by atoms with Gasteiger partial charge in [-0.2, -0.15) is 0 Å². The second kappa shape index (κ2) is 7.49. The largest absolute Gasteiger partial charge is 0.491 e. The van der Waals surface area contributed by atoms with Crippen molar-refractivity contribution >= 4 is 5.91 Å². The minimum Gasteiger partial charge on any atom is -0.491 e. The van der Waals surface area contributed by atoms with Gasteiger partial charge in [0.1, 0.15) is 12.4 Å². The first-order chi connectivity index (χ1) is 11.8. The number of hydrogen-bond donors (Lipinski definition) is 2. The molecule has 4 nitrogen and oxygen atoms in total. The average molecular weight is 325 g/mol. The second-order valence-electron chi connectivity index (χ2n) is 6.16. The predicted octanol–water partition coefficient (Wildman–Crippen LogP) is 2.80. The summed E-state index contributed by atoms with van der Waals surface area (Å²) < 4.78 is 5.53. The Morgan fingerprint density at radius 3 is 2.46 bits per heavy atom. The monoisotopic (exact) mass is 325 g/mol. The van der Waals surface area contributed by atoms with E-state index in [1.165, 1.54) is 0 Å². The number of nitrogens with one attached hydrogen (secondary N) is 1. The van der Waals surface area contributed by atoms with Crippen molar-refractivity contribution in [1.82, 2.24) is 5.32 Å². The van der Waals surface area contributed by atoms with Crippen LogP contribution in [-0.4, -0.2) is 24.2 Å². The first-order valence-electron chi connectivity index (χ1n) is 8.42. The van der Waals surface area contributed by atoms with E-state index in [2.05, 4.69) is 5.32 Å². The van der Waals surface area contributed by atoms with Crippen LogP contribution in [0.25, 0.3) is 0 Å². The van der Waals surface area contributed by atoms with Crippen LogP contribution in [0.4, 0.5) is 0 Å². The Bertz CT molecular complexity index is 680. The van der Waals surface area contributed by atoms with E-state index in [1.54, 1.807) is 0 Å². The normalized spacial score (nSPS) is 15.4. The Kier molecular flexibility index (Phi) is 5.16. The van der Waals surface area contributed by atoms with Crippen molar-refractivity contribution in [3.8, 4) is 5.75 Å². The molecular formula is C20H23NO3. The highest BCUT2D eigenvalue weighted by Gasteiger charge is 2.45. The van der Waals surface area contributed by atoms with Gasteiger partial charge in [-0.05, 0) is 24.5 Å². The number of ether oxygens (including phenoxy) is 1. The lowest BCUT2D eigenvalue weighted by Gasteiger charge is -2.40. The molecule has 3 rings (SSSR count). The zero-order valence-electron chi connectivity index (χ0n) is 13.7. The van der Waals surface area contributed by atoms with Gasteiger partial charge in [0.05, 0.1) is 12.0 Å². The molecule has 2 aromatic rings. The number of rotatable bonds is 7. The molecule has 2 N–H and O–H groups in total. The van der Waals surface area contributed by atoms with Crippen LogP contribution in [0, 0.1) is 0 Å². The van der Waals surface area contributed by atoms with E-state index >= 15 is 0 Å². The maximum absolute atomic E-state index is 12.9. The molecule has 0 atom stereocenters. The van der Waals surface area contributed by atoms with Gasteiger partial charge in [-0.1, -0.05) is 55.0 Å². The van der Waals surface area contributed by atoms with Crippen molar-refractivity contribution < 1.29 is 14.6 Å². The van der Waals surface area contributed by atoms with Crippen molar-refractivity contribution in [2.24, 2.45) is 0 Å². The molecule has 1 fully saturated rings. The predicted molar refractivity (Wildman–Crippen MR) is 92.8 cm³/mol. The fraction of sp³-hybridized carbons (Fsp3) is 0.350. The summed E-state index contributed by atoms with van der Waals surface area (Å²) in [5, 5.41) is 12.0. The summed E-state index contributed by atoms with van der Waals surface area (Å²) in [5.41, 5.74) is 1.63. The molecule has 1 amide bonds. The highest BCUT2D eigenvalue weighted by molar-refractivity contribution is 5.89. The molecular weight excluding hydrogens is 302 g/mol. The molecule has 1 saturated carbocycles. The van der Waals surface area contributed by atoms with Gasteiger partial charge in [0.15, 0.2) is 0 Å². The van der Waals surface area contributed by atoms with Crippen molar-refractivity contribution in [3.05, 3.63) is 65.7 Å². The molecule has 4 heteroatoms. The van der Waals surface area contributed by atoms with Crippen LogP contribution in [0.5, 0.6) is 5.75 Å². The highest BCUT2D eigenvalue weighted by Crippen LogP contribution is 2.43. The Labute approximate surface area is 142 Å². The maximum Gasteiger partial charge on any atom is 0.230 e. The van der Waals surface area contributed by atoms with E-state index in [0.717, 1.165) is 30.4 Å². The third-order valence-electron chi connectivity index (χ3n) is 4.73. The molecule has 126 valence electrons. The summed E-state index contributed by atoms with van der Waals surface area (Å²) in [6, 6.07) is 17.6. The van der Waals surface area contributed by atoms with E-state index in [-0.39, 0.29) is 24.5 Å². The standard InChI is InChI=1S/C20H23NO3/c22-13-14-24-18-10-5-4-7-16(18)15-21-19(23)20(11-6-12-20)17-8-2-1-3-9-17/h1-5,7-10,22H,6,11-15H2,(H,21,23). The molecule has 0 aliphatic heterocycles. The number of carbonyl (C=O) groups excluding carboxylic acids is 1. The van der Waals surface area contributed by atoms with Gasteiger partial charge in [0, 0.05) is 12.1 Å². The molecule has 0 heterocycles. The maximum atomic E-state index is 12.9. The summed E-state index contributed by atoms with van der Waals surface area (Å²) in [6.07, 6.45) is 2.87. The quantitative estimate of drug-likeness (QED) is 0.823. The van der Waals surface area contributed by atoms with Gasteiger partial charge in [0.25, 0.3) is 0 Å². The Morgan fingerprint density at radius 1 is 1.08 bits per heavy atom. The Balaban J connectivity index is 1.69. The lowest BCUT2D eigenvalue weighted by molar-refractivity contribution is -0.130. The number of aliphatic hydroxyl groups excluding tert-OH is 1. The van der Waals surface area contributed by atoms with Gasteiger partial charge >= 0.3 is 0 Å².